The molecule has 1 N–H and O–H groups in total. The van der Waals surface area contributed by atoms with E-state index in [-0.39, 0.29) is 0 Å². The minimum absolute atomic E-state index is 0.488. The fraction of sp³-hybridized carbons (Fsp3) is 0. The van der Waals surface area contributed by atoms with Crippen LogP contribution in [-0.2, 0) is 9.59 Å². The Kier molecular flexibility index (Phi) is 13.2. The van der Waals surface area contributed by atoms with Crippen molar-refractivity contribution in [1.82, 2.24) is 29.5 Å². The molecule has 0 spiro atoms. The second-order valence-electron chi connectivity index (χ2n) is 7.03. The summed E-state index contributed by atoms with van der Waals surface area (Å²) in [6, 6.07) is 14.3. The first-order valence-corrected chi connectivity index (χ1v) is 18.2. The van der Waals surface area contributed by atoms with Gasteiger partial charge in [0.25, 0.3) is 0 Å². The van der Waals surface area contributed by atoms with Crippen molar-refractivity contribution in [3.8, 4) is 22.8 Å². The number of aromatic nitrogens is 6. The minimum atomic E-state index is -3.69. The number of halogens is 8. The van der Waals surface area contributed by atoms with Crippen LogP contribution in [0.2, 0.25) is 10.0 Å². The predicted octanol–water partition coefficient (Wildman–Crippen LogP) is 9.30. The van der Waals surface area contributed by atoms with Crippen molar-refractivity contribution in [2.45, 2.75) is 0 Å². The number of benzene rings is 2. The number of carbonyl (C=O) groups excluding carboxylic acids is 1. The maximum absolute atomic E-state index is 10.5. The molecule has 0 aliphatic rings. The third kappa shape index (κ3) is 15.2. The Balaban J connectivity index is 0.000000234. The Hall–Kier alpha value is -1.91. The molecule has 0 amide bonds. The van der Waals surface area contributed by atoms with Crippen LogP contribution >= 0.6 is 94.4 Å². The van der Waals surface area contributed by atoms with Crippen molar-refractivity contribution in [3.05, 3.63) is 83.4 Å². The fourth-order valence-electron chi connectivity index (χ4n) is 2.49. The molecule has 0 unspecified atom stereocenters. The molecule has 2 aromatic carbocycles. The molecule has 4 rings (SSSR count). The number of aliphatic carboxylic acids is 1. The van der Waals surface area contributed by atoms with E-state index < -0.39 is 14.6 Å². The van der Waals surface area contributed by atoms with E-state index in [1.165, 1.54) is 40.5 Å². The smallest absolute Gasteiger partial charge is 0.329 e. The van der Waals surface area contributed by atoms with Gasteiger partial charge in [-0.25, -0.2) is 24.1 Å². The summed E-state index contributed by atoms with van der Waals surface area (Å²) in [4.78, 5) is 29.0. The molecule has 0 saturated carbocycles. The number of nitrogens with zero attached hydrogens (tertiary/aromatic N) is 6. The van der Waals surface area contributed by atoms with E-state index in [9.17, 15) is 9.59 Å². The molecule has 0 fully saturated rings. The van der Waals surface area contributed by atoms with Crippen LogP contribution in [0, 0.1) is 0 Å². The van der Waals surface area contributed by atoms with E-state index in [2.05, 4.69) is 20.2 Å². The summed E-state index contributed by atoms with van der Waals surface area (Å²) in [7, 11) is 0. The third-order valence-corrected chi connectivity index (χ3v) is 4.51. The van der Waals surface area contributed by atoms with Crippen LogP contribution in [-0.4, -0.2) is 45.8 Å². The van der Waals surface area contributed by atoms with Crippen LogP contribution in [0.4, 0.5) is 0 Å². The molecule has 0 bridgehead atoms. The summed E-state index contributed by atoms with van der Waals surface area (Å²) in [5.41, 5.74) is 1.59. The SMILES string of the molecule is ClP(Cl)(Cl)(Cl)Cl.O=C(Cl)/C=C/n1cnc(-c2cccc(Cl)c2)n1.O=C(O)/C=C/n1cnc(-c2cccc(Cl)c2)n1. The summed E-state index contributed by atoms with van der Waals surface area (Å²) in [5.74, 6) is -0.0217. The zero-order chi connectivity index (χ0) is 29.9. The second-order valence-corrected chi connectivity index (χ2v) is 24.9. The van der Waals surface area contributed by atoms with Crippen LogP contribution in [0.25, 0.3) is 35.2 Å². The molecule has 40 heavy (non-hydrogen) atoms. The number of rotatable bonds is 6. The maximum Gasteiger partial charge on any atom is 0.329 e. The average Bonchev–Trinajstić information content (AvgIpc) is 3.50. The number of hydrogen-bond acceptors (Lipinski definition) is 6. The number of carboxylic acids is 1. The molecule has 0 saturated heterocycles. The number of hydrogen-bond donors (Lipinski definition) is 1. The quantitative estimate of drug-likeness (QED) is 0.120. The first-order chi connectivity index (χ1) is 18.5. The zero-order valence-electron chi connectivity index (χ0n) is 19.5. The zero-order valence-corrected chi connectivity index (χ0v) is 26.4. The van der Waals surface area contributed by atoms with Crippen LogP contribution in [0.5, 0.6) is 0 Å². The van der Waals surface area contributed by atoms with Crippen LogP contribution < -0.4 is 0 Å². The number of carboxylic acid groups (broad SMARTS) is 1. The maximum atomic E-state index is 10.5. The van der Waals surface area contributed by atoms with Crippen molar-refractivity contribution < 1.29 is 14.7 Å². The van der Waals surface area contributed by atoms with Crippen molar-refractivity contribution in [2.24, 2.45) is 0 Å². The van der Waals surface area contributed by atoms with Gasteiger partial charge in [0.1, 0.15) is 12.7 Å². The average molecular weight is 726 g/mol. The summed E-state index contributed by atoms with van der Waals surface area (Å²) >= 11 is 41.8. The fourth-order valence-corrected chi connectivity index (χ4v) is 2.93. The monoisotopic (exact) mass is 722 g/mol. The van der Waals surface area contributed by atoms with Gasteiger partial charge in [-0.05, 0) is 35.9 Å². The van der Waals surface area contributed by atoms with Gasteiger partial charge >= 0.3 is 65.5 Å². The predicted molar refractivity (Wildman–Crippen MR) is 166 cm³/mol. The van der Waals surface area contributed by atoms with Crippen LogP contribution in [0.1, 0.15) is 0 Å². The van der Waals surface area contributed by atoms with Crippen LogP contribution in [0.3, 0.4) is 0 Å². The molecule has 2 heterocycles. The summed E-state index contributed by atoms with van der Waals surface area (Å²) in [5, 5.41) is 17.4. The van der Waals surface area contributed by atoms with Gasteiger partial charge in [-0.1, -0.05) is 47.5 Å². The standard InChI is InChI=1S/C11H7Cl2N3O.C11H8ClN3O2.Cl5P/c12-9-3-1-2-8(6-9)11-14-7-16(15-11)5-4-10(13)17;12-9-3-1-2-8(6-9)11-13-7-15(14-11)5-4-10(16)17;1-6(2,3,4)5/h1-7H;1-7H,(H,16,17);/b2*5-4+;. The largest absolute Gasteiger partial charge is 0.478 e. The van der Waals surface area contributed by atoms with Gasteiger partial charge in [-0.3, -0.25) is 4.79 Å². The molecule has 2 aromatic heterocycles. The summed E-state index contributed by atoms with van der Waals surface area (Å²) < 4.78 is -0.966. The Morgan fingerprint density at radius 3 is 1.50 bits per heavy atom. The van der Waals surface area contributed by atoms with Crippen molar-refractivity contribution in [3.63, 3.8) is 0 Å². The van der Waals surface area contributed by atoms with E-state index in [1.54, 1.807) is 30.3 Å². The van der Waals surface area contributed by atoms with Gasteiger partial charge in [0.15, 0.2) is 11.6 Å². The molecule has 0 aliphatic heterocycles. The van der Waals surface area contributed by atoms with Gasteiger partial charge in [0.2, 0.25) is 5.24 Å². The summed E-state index contributed by atoms with van der Waals surface area (Å²) in [6.45, 7) is 0. The third-order valence-electron chi connectivity index (χ3n) is 3.91. The Morgan fingerprint density at radius 2 is 1.15 bits per heavy atom. The first kappa shape index (κ1) is 34.3. The molecule has 212 valence electrons. The van der Waals surface area contributed by atoms with E-state index in [1.807, 2.05) is 18.2 Å². The van der Waals surface area contributed by atoms with Crippen LogP contribution in [0.15, 0.2) is 73.3 Å². The minimum Gasteiger partial charge on any atom is -0.478 e. The molecular weight excluding hydrogens is 711 g/mol. The number of carbonyl (C=O) groups is 2. The molecule has 0 aliphatic carbocycles. The van der Waals surface area contributed by atoms with E-state index >= 15 is 0 Å². The normalized spacial score (nSPS) is 12.2. The van der Waals surface area contributed by atoms with Gasteiger partial charge in [-0.15, -0.1) is 10.2 Å². The Bertz CT molecular complexity index is 1410. The van der Waals surface area contributed by atoms with Gasteiger partial charge in [-0.2, -0.15) is 0 Å². The molecule has 0 atom stereocenters. The van der Waals surface area contributed by atoms with Crippen molar-refractivity contribution in [2.75, 3.05) is 0 Å². The van der Waals surface area contributed by atoms with E-state index in [0.29, 0.717) is 21.7 Å². The first-order valence-electron chi connectivity index (χ1n) is 10.3. The van der Waals surface area contributed by atoms with E-state index in [0.717, 1.165) is 17.2 Å². The van der Waals surface area contributed by atoms with Gasteiger partial charge < -0.3 is 5.11 Å². The molecule has 0 radical (unpaired) electrons. The topological polar surface area (TPSA) is 116 Å². The molecular formula is C22H15Cl8N6O3P. The van der Waals surface area contributed by atoms with Gasteiger partial charge in [0.05, 0.1) is 0 Å². The second kappa shape index (κ2) is 15.4. The Morgan fingerprint density at radius 1 is 0.750 bits per heavy atom. The molecule has 18 heteroatoms. The van der Waals surface area contributed by atoms with Crippen molar-refractivity contribution in [1.29, 1.82) is 0 Å². The Labute approximate surface area is 266 Å². The molecule has 9 nitrogen and oxygen atoms in total. The van der Waals surface area contributed by atoms with Gasteiger partial charge in [0, 0.05) is 45.7 Å². The summed E-state index contributed by atoms with van der Waals surface area (Å²) in [6.07, 6.45) is 7.82. The molecule has 4 aromatic rings. The number of allylic oxidation sites excluding steroid dienone is 1. The van der Waals surface area contributed by atoms with Crippen molar-refractivity contribution >= 4 is 118 Å². The van der Waals surface area contributed by atoms with E-state index in [4.69, 9.17) is 96.1 Å².